The standard InChI is InChI=1S/C11H15NO/c1-2-3-9-13-12-10-11-7-5-4-6-8-11/h2-8,12H,9-10H2,1H3/b3-2-. The fraction of sp³-hybridized carbons (Fsp3) is 0.273. The second-order valence-electron chi connectivity index (χ2n) is 2.69. The summed E-state index contributed by atoms with van der Waals surface area (Å²) in [4.78, 5) is 5.14. The Balaban J connectivity index is 2.13. The quantitative estimate of drug-likeness (QED) is 0.423. The minimum Gasteiger partial charge on any atom is -0.297 e. The molecule has 0 unspecified atom stereocenters. The normalized spacial score (nSPS) is 10.8. The summed E-state index contributed by atoms with van der Waals surface area (Å²) in [5, 5.41) is 0. The first-order valence-corrected chi connectivity index (χ1v) is 4.43. The highest BCUT2D eigenvalue weighted by Crippen LogP contribution is 1.96. The summed E-state index contributed by atoms with van der Waals surface area (Å²) in [5.41, 5.74) is 4.11. The first-order valence-electron chi connectivity index (χ1n) is 4.43. The number of hydrogen-bond acceptors (Lipinski definition) is 2. The van der Waals surface area contributed by atoms with Crippen LogP contribution in [0.1, 0.15) is 12.5 Å². The lowest BCUT2D eigenvalue weighted by atomic mass is 10.2. The molecule has 0 saturated heterocycles. The van der Waals surface area contributed by atoms with E-state index >= 15 is 0 Å². The van der Waals surface area contributed by atoms with Crippen LogP contribution in [0.2, 0.25) is 0 Å². The molecule has 70 valence electrons. The van der Waals surface area contributed by atoms with Crippen LogP contribution in [0.5, 0.6) is 0 Å². The molecule has 0 aliphatic rings. The van der Waals surface area contributed by atoms with Gasteiger partial charge in [-0.15, -0.1) is 0 Å². The Labute approximate surface area is 79.2 Å². The van der Waals surface area contributed by atoms with Crippen LogP contribution in [-0.4, -0.2) is 6.61 Å². The average molecular weight is 177 g/mol. The zero-order chi connectivity index (χ0) is 9.36. The van der Waals surface area contributed by atoms with Crippen molar-refractivity contribution in [2.45, 2.75) is 13.5 Å². The second-order valence-corrected chi connectivity index (χ2v) is 2.69. The molecular weight excluding hydrogens is 162 g/mol. The molecule has 0 aliphatic carbocycles. The van der Waals surface area contributed by atoms with E-state index in [9.17, 15) is 0 Å². The summed E-state index contributed by atoms with van der Waals surface area (Å²) in [6.07, 6.45) is 3.92. The summed E-state index contributed by atoms with van der Waals surface area (Å²) in [7, 11) is 0. The zero-order valence-electron chi connectivity index (χ0n) is 7.86. The molecule has 0 spiro atoms. The molecule has 0 heterocycles. The Morgan fingerprint density at radius 3 is 2.77 bits per heavy atom. The van der Waals surface area contributed by atoms with Gasteiger partial charge >= 0.3 is 0 Å². The summed E-state index contributed by atoms with van der Waals surface area (Å²) in [6.45, 7) is 3.34. The lowest BCUT2D eigenvalue weighted by molar-refractivity contribution is 0.0577. The molecule has 1 aromatic rings. The fourth-order valence-corrected chi connectivity index (χ4v) is 0.933. The topological polar surface area (TPSA) is 21.3 Å². The monoisotopic (exact) mass is 177 g/mol. The van der Waals surface area contributed by atoms with E-state index in [0.717, 1.165) is 6.54 Å². The average Bonchev–Trinajstić information content (AvgIpc) is 2.19. The molecule has 1 rings (SSSR count). The van der Waals surface area contributed by atoms with Crippen LogP contribution in [0.25, 0.3) is 0 Å². The molecule has 2 heteroatoms. The van der Waals surface area contributed by atoms with Gasteiger partial charge in [0.15, 0.2) is 0 Å². The van der Waals surface area contributed by atoms with Crippen molar-refractivity contribution in [3.8, 4) is 0 Å². The van der Waals surface area contributed by atoms with Crippen LogP contribution in [0.15, 0.2) is 42.5 Å². The van der Waals surface area contributed by atoms with Crippen molar-refractivity contribution in [1.29, 1.82) is 0 Å². The van der Waals surface area contributed by atoms with E-state index in [-0.39, 0.29) is 0 Å². The Morgan fingerprint density at radius 1 is 1.31 bits per heavy atom. The van der Waals surface area contributed by atoms with Gasteiger partial charge in [-0.05, 0) is 12.5 Å². The van der Waals surface area contributed by atoms with E-state index in [2.05, 4.69) is 17.6 Å². The summed E-state index contributed by atoms with van der Waals surface area (Å²) in [6, 6.07) is 10.2. The number of hydrogen-bond donors (Lipinski definition) is 1. The van der Waals surface area contributed by atoms with E-state index in [1.807, 2.05) is 37.3 Å². The first-order chi connectivity index (χ1) is 6.43. The molecule has 0 amide bonds. The lowest BCUT2D eigenvalue weighted by Crippen LogP contribution is -2.13. The number of benzene rings is 1. The minimum absolute atomic E-state index is 0.614. The number of hydroxylamine groups is 1. The SMILES string of the molecule is C/C=C\CONCc1ccccc1. The van der Waals surface area contributed by atoms with Crippen molar-refractivity contribution >= 4 is 0 Å². The Bertz CT molecular complexity index is 244. The third-order valence-corrected chi connectivity index (χ3v) is 1.64. The van der Waals surface area contributed by atoms with Crippen LogP contribution in [0.3, 0.4) is 0 Å². The van der Waals surface area contributed by atoms with Crippen molar-refractivity contribution in [3.05, 3.63) is 48.0 Å². The predicted molar refractivity (Wildman–Crippen MR) is 54.0 cm³/mol. The maximum Gasteiger partial charge on any atom is 0.0863 e. The van der Waals surface area contributed by atoms with E-state index < -0.39 is 0 Å². The first kappa shape index (κ1) is 9.96. The third-order valence-electron chi connectivity index (χ3n) is 1.64. The highest BCUT2D eigenvalue weighted by Gasteiger charge is 1.88. The van der Waals surface area contributed by atoms with Crippen molar-refractivity contribution in [3.63, 3.8) is 0 Å². The van der Waals surface area contributed by atoms with Gasteiger partial charge in [0, 0.05) is 6.54 Å². The molecule has 0 saturated carbocycles. The number of allylic oxidation sites excluding steroid dienone is 1. The Morgan fingerprint density at radius 2 is 2.08 bits per heavy atom. The highest BCUT2D eigenvalue weighted by molar-refractivity contribution is 5.13. The van der Waals surface area contributed by atoms with Gasteiger partial charge in [-0.25, -0.2) is 0 Å². The molecule has 0 bridgehead atoms. The van der Waals surface area contributed by atoms with Crippen LogP contribution in [0.4, 0.5) is 0 Å². The van der Waals surface area contributed by atoms with E-state index in [1.54, 1.807) is 0 Å². The number of nitrogens with one attached hydrogen (secondary N) is 1. The molecule has 0 fully saturated rings. The zero-order valence-corrected chi connectivity index (χ0v) is 7.86. The van der Waals surface area contributed by atoms with Gasteiger partial charge in [0.2, 0.25) is 0 Å². The molecule has 1 N–H and O–H groups in total. The highest BCUT2D eigenvalue weighted by atomic mass is 16.6. The van der Waals surface area contributed by atoms with Gasteiger partial charge in [-0.1, -0.05) is 42.5 Å². The molecule has 0 aromatic heterocycles. The lowest BCUT2D eigenvalue weighted by Gasteiger charge is -2.02. The largest absolute Gasteiger partial charge is 0.297 e. The molecule has 1 aromatic carbocycles. The van der Waals surface area contributed by atoms with Gasteiger partial charge < -0.3 is 0 Å². The molecule has 13 heavy (non-hydrogen) atoms. The van der Waals surface area contributed by atoms with E-state index in [1.165, 1.54) is 5.56 Å². The molecule has 0 atom stereocenters. The third kappa shape index (κ3) is 4.45. The summed E-state index contributed by atoms with van der Waals surface area (Å²) in [5.74, 6) is 0. The smallest absolute Gasteiger partial charge is 0.0863 e. The maximum atomic E-state index is 5.14. The van der Waals surface area contributed by atoms with Gasteiger partial charge in [-0.2, -0.15) is 5.48 Å². The van der Waals surface area contributed by atoms with Crippen LogP contribution >= 0.6 is 0 Å². The van der Waals surface area contributed by atoms with Crippen molar-refractivity contribution in [1.82, 2.24) is 5.48 Å². The maximum absolute atomic E-state index is 5.14. The van der Waals surface area contributed by atoms with Gasteiger partial charge in [-0.3, -0.25) is 4.84 Å². The molecule has 0 aliphatic heterocycles. The fourth-order valence-electron chi connectivity index (χ4n) is 0.933. The van der Waals surface area contributed by atoms with Crippen molar-refractivity contribution < 1.29 is 4.84 Å². The molecule has 2 nitrogen and oxygen atoms in total. The number of rotatable bonds is 5. The van der Waals surface area contributed by atoms with Crippen LogP contribution in [0, 0.1) is 0 Å². The second kappa shape index (κ2) is 6.40. The summed E-state index contributed by atoms with van der Waals surface area (Å²) >= 11 is 0. The Kier molecular flexibility index (Phi) is 4.91. The van der Waals surface area contributed by atoms with Crippen molar-refractivity contribution in [2.75, 3.05) is 6.61 Å². The minimum atomic E-state index is 0.614. The van der Waals surface area contributed by atoms with E-state index in [4.69, 9.17) is 4.84 Å². The summed E-state index contributed by atoms with van der Waals surface area (Å²) < 4.78 is 0. The van der Waals surface area contributed by atoms with E-state index in [0.29, 0.717) is 6.61 Å². The Hall–Kier alpha value is -1.12. The van der Waals surface area contributed by atoms with Gasteiger partial charge in [0.1, 0.15) is 0 Å². The van der Waals surface area contributed by atoms with Gasteiger partial charge in [0.25, 0.3) is 0 Å². The van der Waals surface area contributed by atoms with Crippen LogP contribution in [-0.2, 0) is 11.4 Å². The molecular formula is C11H15NO. The molecule has 0 radical (unpaired) electrons. The van der Waals surface area contributed by atoms with Crippen LogP contribution < -0.4 is 5.48 Å². The predicted octanol–water partition coefficient (Wildman–Crippen LogP) is 2.28. The van der Waals surface area contributed by atoms with Gasteiger partial charge in [0.05, 0.1) is 6.61 Å². The van der Waals surface area contributed by atoms with Crippen molar-refractivity contribution in [2.24, 2.45) is 0 Å².